The van der Waals surface area contributed by atoms with E-state index in [0.717, 1.165) is 5.56 Å². The van der Waals surface area contributed by atoms with E-state index < -0.39 is 0 Å². The summed E-state index contributed by atoms with van der Waals surface area (Å²) in [5, 5.41) is 2.68. The second-order valence-electron chi connectivity index (χ2n) is 5.53. The van der Waals surface area contributed by atoms with Crippen LogP contribution in [-0.2, 0) is 4.79 Å². The fourth-order valence-corrected chi connectivity index (χ4v) is 3.45. The minimum Gasteiger partial charge on any atom is -0.493 e. The summed E-state index contributed by atoms with van der Waals surface area (Å²) in [6.45, 7) is 3.85. The summed E-state index contributed by atoms with van der Waals surface area (Å²) >= 11 is 1.51. The van der Waals surface area contributed by atoms with E-state index in [0.29, 0.717) is 17.2 Å². The minimum atomic E-state index is -0.270. The zero-order chi connectivity index (χ0) is 18.4. The van der Waals surface area contributed by atoms with Crippen LogP contribution < -0.4 is 14.8 Å². The van der Waals surface area contributed by atoms with Crippen molar-refractivity contribution in [3.05, 3.63) is 53.8 Å². The Morgan fingerprint density at radius 2 is 1.68 bits per heavy atom. The zero-order valence-corrected chi connectivity index (χ0v) is 15.5. The number of hydrogen-bond donors (Lipinski definition) is 1. The highest BCUT2D eigenvalue weighted by atomic mass is 32.2. The summed E-state index contributed by atoms with van der Waals surface area (Å²) in [5.41, 5.74) is 1.63. The van der Waals surface area contributed by atoms with Crippen molar-refractivity contribution in [3.63, 3.8) is 0 Å². The Labute approximate surface area is 151 Å². The van der Waals surface area contributed by atoms with Gasteiger partial charge < -0.3 is 14.8 Å². The molecule has 4 nitrogen and oxygen atoms in total. The molecule has 0 radical (unpaired) electrons. The third kappa shape index (κ3) is 5.13. The second kappa shape index (κ2) is 8.76. The molecule has 2 rings (SSSR count). The molecular formula is C19H22FNO3S. The number of hydrogen-bond acceptors (Lipinski definition) is 4. The Morgan fingerprint density at radius 1 is 1.04 bits per heavy atom. The molecular weight excluding hydrogens is 341 g/mol. The van der Waals surface area contributed by atoms with E-state index in [1.165, 1.54) is 23.9 Å². The van der Waals surface area contributed by atoms with Crippen molar-refractivity contribution >= 4 is 23.4 Å². The smallest absolute Gasteiger partial charge is 0.237 e. The summed E-state index contributed by atoms with van der Waals surface area (Å²) in [7, 11) is 3.11. The predicted molar refractivity (Wildman–Crippen MR) is 100 cm³/mol. The molecule has 0 aliphatic carbocycles. The number of thioether (sulfide) groups is 1. The van der Waals surface area contributed by atoms with Crippen LogP contribution in [0.5, 0.6) is 11.5 Å². The van der Waals surface area contributed by atoms with Gasteiger partial charge in [-0.15, -0.1) is 11.8 Å². The highest BCUT2D eigenvalue weighted by Crippen LogP contribution is 2.33. The molecule has 2 unspecified atom stereocenters. The Bertz CT molecular complexity index is 721. The van der Waals surface area contributed by atoms with E-state index in [1.807, 2.05) is 13.8 Å². The number of carbonyl (C=O) groups is 1. The maximum absolute atomic E-state index is 13.0. The maximum atomic E-state index is 13.0. The van der Waals surface area contributed by atoms with Crippen LogP contribution in [0.2, 0.25) is 0 Å². The van der Waals surface area contributed by atoms with Gasteiger partial charge in [0.2, 0.25) is 5.91 Å². The van der Waals surface area contributed by atoms with E-state index in [1.54, 1.807) is 44.6 Å². The summed E-state index contributed by atoms with van der Waals surface area (Å²) in [6.07, 6.45) is 0. The third-order valence-electron chi connectivity index (χ3n) is 3.77. The summed E-state index contributed by atoms with van der Waals surface area (Å²) < 4.78 is 23.4. The van der Waals surface area contributed by atoms with Crippen molar-refractivity contribution < 1.29 is 18.7 Å². The topological polar surface area (TPSA) is 47.6 Å². The van der Waals surface area contributed by atoms with Crippen molar-refractivity contribution in [3.8, 4) is 11.5 Å². The molecule has 2 aromatic rings. The lowest BCUT2D eigenvalue weighted by molar-refractivity contribution is -0.115. The van der Waals surface area contributed by atoms with Gasteiger partial charge in [0.25, 0.3) is 0 Å². The first-order valence-electron chi connectivity index (χ1n) is 7.88. The van der Waals surface area contributed by atoms with E-state index >= 15 is 0 Å². The number of ether oxygens (including phenoxy) is 2. The van der Waals surface area contributed by atoms with Gasteiger partial charge in [-0.25, -0.2) is 4.39 Å². The normalized spacial score (nSPS) is 13.0. The molecule has 1 amide bonds. The molecule has 2 aromatic carbocycles. The number of rotatable bonds is 7. The highest BCUT2D eigenvalue weighted by Gasteiger charge is 2.19. The second-order valence-corrected chi connectivity index (χ2v) is 7.22. The van der Waals surface area contributed by atoms with Crippen molar-refractivity contribution in [1.29, 1.82) is 0 Å². The molecule has 0 aromatic heterocycles. The van der Waals surface area contributed by atoms with E-state index in [-0.39, 0.29) is 22.2 Å². The molecule has 0 saturated carbocycles. The Morgan fingerprint density at radius 3 is 2.28 bits per heavy atom. The molecule has 6 heteroatoms. The van der Waals surface area contributed by atoms with Crippen molar-refractivity contribution in [2.75, 3.05) is 19.5 Å². The van der Waals surface area contributed by atoms with Crippen molar-refractivity contribution in [2.45, 2.75) is 24.3 Å². The average Bonchev–Trinajstić information content (AvgIpc) is 2.61. The number of methoxy groups -OCH3 is 2. The molecule has 0 aliphatic rings. The molecule has 134 valence electrons. The first-order valence-corrected chi connectivity index (χ1v) is 8.82. The number of anilines is 1. The van der Waals surface area contributed by atoms with Crippen LogP contribution in [0.1, 0.15) is 24.7 Å². The van der Waals surface area contributed by atoms with Crippen LogP contribution in [0, 0.1) is 5.82 Å². The van der Waals surface area contributed by atoms with Crippen molar-refractivity contribution in [2.24, 2.45) is 0 Å². The fourth-order valence-electron chi connectivity index (χ4n) is 2.34. The van der Waals surface area contributed by atoms with Gasteiger partial charge in [0.15, 0.2) is 11.5 Å². The van der Waals surface area contributed by atoms with Crippen LogP contribution in [0.3, 0.4) is 0 Å². The van der Waals surface area contributed by atoms with Gasteiger partial charge in [-0.1, -0.05) is 12.1 Å². The standard InChI is InChI=1S/C19H22FNO3S/c1-12(14-5-7-15(20)8-6-14)25-13(2)19(22)21-16-9-10-17(23-3)18(11-16)24-4/h5-13H,1-4H3,(H,21,22). The first kappa shape index (κ1) is 19.1. The van der Waals surface area contributed by atoms with E-state index in [9.17, 15) is 9.18 Å². The monoisotopic (exact) mass is 363 g/mol. The number of carbonyl (C=O) groups excluding carboxylic acids is 1. The van der Waals surface area contributed by atoms with Crippen LogP contribution >= 0.6 is 11.8 Å². The fraction of sp³-hybridized carbons (Fsp3) is 0.316. The quantitative estimate of drug-likeness (QED) is 0.777. The molecule has 1 N–H and O–H groups in total. The molecule has 0 spiro atoms. The lowest BCUT2D eigenvalue weighted by atomic mass is 10.2. The Kier molecular flexibility index (Phi) is 6.70. The molecule has 2 atom stereocenters. The molecule has 0 fully saturated rings. The lowest BCUT2D eigenvalue weighted by Gasteiger charge is -2.18. The first-order chi connectivity index (χ1) is 11.9. The van der Waals surface area contributed by atoms with Crippen molar-refractivity contribution in [1.82, 2.24) is 0 Å². The van der Waals surface area contributed by atoms with Crippen LogP contribution in [-0.4, -0.2) is 25.4 Å². The number of benzene rings is 2. The summed E-state index contributed by atoms with van der Waals surface area (Å²) in [4.78, 5) is 12.4. The third-order valence-corrected chi connectivity index (χ3v) is 5.07. The molecule has 0 saturated heterocycles. The Hall–Kier alpha value is -2.21. The molecule has 25 heavy (non-hydrogen) atoms. The van der Waals surface area contributed by atoms with Crippen LogP contribution in [0.4, 0.5) is 10.1 Å². The molecule has 0 heterocycles. The highest BCUT2D eigenvalue weighted by molar-refractivity contribution is 8.00. The van der Waals surface area contributed by atoms with Gasteiger partial charge >= 0.3 is 0 Å². The summed E-state index contributed by atoms with van der Waals surface area (Å²) in [5.74, 6) is 0.791. The van der Waals surface area contributed by atoms with E-state index in [2.05, 4.69) is 5.32 Å². The van der Waals surface area contributed by atoms with E-state index in [4.69, 9.17) is 9.47 Å². The SMILES string of the molecule is COc1ccc(NC(=O)C(C)SC(C)c2ccc(F)cc2)cc1OC. The average molecular weight is 363 g/mol. The largest absolute Gasteiger partial charge is 0.493 e. The summed E-state index contributed by atoms with van der Waals surface area (Å²) in [6, 6.07) is 11.6. The predicted octanol–water partition coefficient (Wildman–Crippen LogP) is 4.66. The van der Waals surface area contributed by atoms with Gasteiger partial charge in [0, 0.05) is 17.0 Å². The van der Waals surface area contributed by atoms with Gasteiger partial charge in [-0.2, -0.15) is 0 Å². The Balaban J connectivity index is 1.99. The number of amides is 1. The molecule has 0 bridgehead atoms. The number of halogens is 1. The lowest BCUT2D eigenvalue weighted by Crippen LogP contribution is -2.23. The van der Waals surface area contributed by atoms with Crippen LogP contribution in [0.15, 0.2) is 42.5 Å². The minimum absolute atomic E-state index is 0.0757. The number of nitrogens with one attached hydrogen (secondary N) is 1. The van der Waals surface area contributed by atoms with Crippen LogP contribution in [0.25, 0.3) is 0 Å². The van der Waals surface area contributed by atoms with Gasteiger partial charge in [0.1, 0.15) is 5.82 Å². The molecule has 0 aliphatic heterocycles. The van der Waals surface area contributed by atoms with Gasteiger partial charge in [-0.05, 0) is 43.7 Å². The maximum Gasteiger partial charge on any atom is 0.237 e. The zero-order valence-electron chi connectivity index (χ0n) is 14.7. The van der Waals surface area contributed by atoms with Gasteiger partial charge in [-0.3, -0.25) is 4.79 Å². The van der Waals surface area contributed by atoms with Gasteiger partial charge in [0.05, 0.1) is 19.5 Å².